The summed E-state index contributed by atoms with van der Waals surface area (Å²) in [5.41, 5.74) is -2.42. The van der Waals surface area contributed by atoms with Crippen LogP contribution in [0.3, 0.4) is 0 Å². The van der Waals surface area contributed by atoms with Crippen molar-refractivity contribution in [2.24, 2.45) is 5.41 Å². The van der Waals surface area contributed by atoms with Crippen LogP contribution < -0.4 is 0 Å². The van der Waals surface area contributed by atoms with Crippen LogP contribution >= 0.6 is 0 Å². The molecule has 0 heterocycles. The summed E-state index contributed by atoms with van der Waals surface area (Å²) in [6.07, 6.45) is -1.02. The minimum Gasteiger partial charge on any atom is -0.481 e. The molecular formula is C7H10O7. The summed E-state index contributed by atoms with van der Waals surface area (Å²) >= 11 is 0. The lowest BCUT2D eigenvalue weighted by atomic mass is 9.85. The topological polar surface area (TPSA) is 121 Å². The van der Waals surface area contributed by atoms with Gasteiger partial charge in [0.1, 0.15) is 0 Å². The number of ether oxygens (including phenoxy) is 1. The van der Waals surface area contributed by atoms with Gasteiger partial charge in [-0.2, -0.15) is 0 Å². The minimum absolute atomic E-state index is 0.691. The molecule has 0 bridgehead atoms. The zero-order valence-corrected chi connectivity index (χ0v) is 7.39. The van der Waals surface area contributed by atoms with Crippen LogP contribution in [0.15, 0.2) is 0 Å². The van der Waals surface area contributed by atoms with Crippen molar-refractivity contribution in [2.45, 2.75) is 6.42 Å². The standard InChI is InChI=1S/C7H10O7/c1-14-3-7(5(10)11,6(12)13)2-4(8)9/h2-3H2,1H3,(H,8,9)(H,10,11)(H,12,13). The lowest BCUT2D eigenvalue weighted by Crippen LogP contribution is -2.45. The van der Waals surface area contributed by atoms with Gasteiger partial charge in [0.05, 0.1) is 13.0 Å². The normalized spacial score (nSPS) is 10.9. The molecule has 7 heteroatoms. The summed E-state index contributed by atoms with van der Waals surface area (Å²) in [5.74, 6) is -4.96. The lowest BCUT2D eigenvalue weighted by Gasteiger charge is -2.21. The summed E-state index contributed by atoms with van der Waals surface area (Å²) in [7, 11) is 1.10. The first-order chi connectivity index (χ1) is 6.36. The van der Waals surface area contributed by atoms with E-state index in [1.165, 1.54) is 0 Å². The maximum atomic E-state index is 10.7. The quantitative estimate of drug-likeness (QED) is 0.489. The first-order valence-corrected chi connectivity index (χ1v) is 3.54. The first kappa shape index (κ1) is 12.4. The Labute approximate surface area is 78.9 Å². The fraction of sp³-hybridized carbons (Fsp3) is 0.571. The summed E-state index contributed by atoms with van der Waals surface area (Å²) in [5, 5.41) is 25.7. The van der Waals surface area contributed by atoms with Gasteiger partial charge >= 0.3 is 17.9 Å². The number of hydrogen-bond acceptors (Lipinski definition) is 4. The van der Waals surface area contributed by atoms with E-state index in [1.807, 2.05) is 0 Å². The van der Waals surface area contributed by atoms with Crippen molar-refractivity contribution in [2.75, 3.05) is 13.7 Å². The van der Waals surface area contributed by atoms with Gasteiger partial charge in [0.15, 0.2) is 5.41 Å². The van der Waals surface area contributed by atoms with E-state index in [0.717, 1.165) is 7.11 Å². The summed E-state index contributed by atoms with van der Waals surface area (Å²) in [6, 6.07) is 0. The van der Waals surface area contributed by atoms with Crippen molar-refractivity contribution in [1.29, 1.82) is 0 Å². The molecule has 0 amide bonds. The average molecular weight is 206 g/mol. The van der Waals surface area contributed by atoms with Gasteiger partial charge in [-0.05, 0) is 0 Å². The van der Waals surface area contributed by atoms with Gasteiger partial charge in [-0.3, -0.25) is 14.4 Å². The van der Waals surface area contributed by atoms with E-state index < -0.39 is 36.4 Å². The Kier molecular flexibility index (Phi) is 4.03. The molecule has 80 valence electrons. The van der Waals surface area contributed by atoms with E-state index in [9.17, 15) is 14.4 Å². The highest BCUT2D eigenvalue weighted by Gasteiger charge is 2.48. The van der Waals surface area contributed by atoms with Crippen molar-refractivity contribution in [3.05, 3.63) is 0 Å². The second-order valence-corrected chi connectivity index (χ2v) is 2.70. The minimum atomic E-state index is -2.42. The van der Waals surface area contributed by atoms with E-state index >= 15 is 0 Å². The summed E-state index contributed by atoms with van der Waals surface area (Å²) < 4.78 is 4.41. The highest BCUT2D eigenvalue weighted by Crippen LogP contribution is 2.23. The zero-order chi connectivity index (χ0) is 11.4. The van der Waals surface area contributed by atoms with Crippen LogP contribution in [0.25, 0.3) is 0 Å². The molecule has 0 unspecified atom stereocenters. The maximum Gasteiger partial charge on any atom is 0.324 e. The smallest absolute Gasteiger partial charge is 0.324 e. The highest BCUT2D eigenvalue weighted by molar-refractivity contribution is 6.01. The molecule has 0 saturated heterocycles. The van der Waals surface area contributed by atoms with Crippen molar-refractivity contribution in [3.8, 4) is 0 Å². The van der Waals surface area contributed by atoms with E-state index in [4.69, 9.17) is 15.3 Å². The van der Waals surface area contributed by atoms with E-state index in [-0.39, 0.29) is 0 Å². The van der Waals surface area contributed by atoms with Crippen LogP contribution in [-0.2, 0) is 19.1 Å². The Morgan fingerprint density at radius 2 is 1.57 bits per heavy atom. The Morgan fingerprint density at radius 3 is 1.79 bits per heavy atom. The van der Waals surface area contributed by atoms with Gasteiger partial charge in [-0.1, -0.05) is 0 Å². The number of methoxy groups -OCH3 is 1. The van der Waals surface area contributed by atoms with Gasteiger partial charge in [-0.15, -0.1) is 0 Å². The molecule has 0 aromatic carbocycles. The molecule has 0 atom stereocenters. The van der Waals surface area contributed by atoms with E-state index in [1.54, 1.807) is 0 Å². The van der Waals surface area contributed by atoms with Crippen LogP contribution in [0.1, 0.15) is 6.42 Å². The third-order valence-electron chi connectivity index (χ3n) is 1.66. The highest BCUT2D eigenvalue weighted by atomic mass is 16.5. The molecule has 0 fully saturated rings. The van der Waals surface area contributed by atoms with E-state index in [2.05, 4.69) is 4.74 Å². The molecule has 0 rings (SSSR count). The molecule has 0 spiro atoms. The zero-order valence-electron chi connectivity index (χ0n) is 7.39. The number of rotatable bonds is 6. The number of carbonyl (C=O) groups is 3. The molecular weight excluding hydrogens is 196 g/mol. The molecule has 14 heavy (non-hydrogen) atoms. The fourth-order valence-electron chi connectivity index (χ4n) is 0.922. The SMILES string of the molecule is COCC(CC(=O)O)(C(=O)O)C(=O)O. The summed E-state index contributed by atoms with van der Waals surface area (Å²) in [6.45, 7) is -0.691. The molecule has 0 aromatic heterocycles. The Morgan fingerprint density at radius 1 is 1.14 bits per heavy atom. The van der Waals surface area contributed by atoms with Crippen molar-refractivity contribution >= 4 is 17.9 Å². The predicted molar refractivity (Wildman–Crippen MR) is 41.8 cm³/mol. The third kappa shape index (κ3) is 2.43. The third-order valence-corrected chi connectivity index (χ3v) is 1.66. The van der Waals surface area contributed by atoms with Gasteiger partial charge in [0.25, 0.3) is 0 Å². The Hall–Kier alpha value is -1.63. The van der Waals surface area contributed by atoms with Crippen LogP contribution in [0, 0.1) is 5.41 Å². The van der Waals surface area contributed by atoms with Crippen LogP contribution in [0.2, 0.25) is 0 Å². The monoisotopic (exact) mass is 206 g/mol. The molecule has 3 N–H and O–H groups in total. The molecule has 0 aliphatic rings. The average Bonchev–Trinajstić information content (AvgIpc) is 2.01. The Bertz CT molecular complexity index is 243. The molecule has 7 nitrogen and oxygen atoms in total. The fourth-order valence-corrected chi connectivity index (χ4v) is 0.922. The first-order valence-electron chi connectivity index (χ1n) is 3.54. The van der Waals surface area contributed by atoms with Gasteiger partial charge in [0, 0.05) is 7.11 Å². The molecule has 0 aromatic rings. The number of carboxylic acid groups (broad SMARTS) is 3. The second kappa shape index (κ2) is 4.56. The second-order valence-electron chi connectivity index (χ2n) is 2.70. The van der Waals surface area contributed by atoms with Crippen molar-refractivity contribution in [1.82, 2.24) is 0 Å². The molecule has 0 radical (unpaired) electrons. The number of aliphatic carboxylic acids is 3. The van der Waals surface area contributed by atoms with Crippen molar-refractivity contribution in [3.63, 3.8) is 0 Å². The summed E-state index contributed by atoms with van der Waals surface area (Å²) in [4.78, 5) is 31.6. The molecule has 0 aliphatic carbocycles. The largest absolute Gasteiger partial charge is 0.481 e. The van der Waals surface area contributed by atoms with Gasteiger partial charge in [-0.25, -0.2) is 0 Å². The van der Waals surface area contributed by atoms with Crippen molar-refractivity contribution < 1.29 is 34.4 Å². The maximum absolute atomic E-state index is 10.7. The number of carboxylic acids is 3. The van der Waals surface area contributed by atoms with Crippen LogP contribution in [-0.4, -0.2) is 46.9 Å². The van der Waals surface area contributed by atoms with E-state index in [0.29, 0.717) is 0 Å². The Balaban J connectivity index is 5.04. The van der Waals surface area contributed by atoms with Gasteiger partial charge < -0.3 is 20.1 Å². The predicted octanol–water partition coefficient (Wildman–Crippen LogP) is -0.737. The van der Waals surface area contributed by atoms with Crippen LogP contribution in [0.5, 0.6) is 0 Å². The number of hydrogen-bond donors (Lipinski definition) is 3. The van der Waals surface area contributed by atoms with Crippen LogP contribution in [0.4, 0.5) is 0 Å². The lowest BCUT2D eigenvalue weighted by molar-refractivity contribution is -0.173. The molecule has 0 aliphatic heterocycles. The molecule has 0 saturated carbocycles. The van der Waals surface area contributed by atoms with Gasteiger partial charge in [0.2, 0.25) is 0 Å².